The van der Waals surface area contributed by atoms with Gasteiger partial charge in [-0.15, -0.1) is 0 Å². The van der Waals surface area contributed by atoms with Crippen LogP contribution in [0.2, 0.25) is 0 Å². The van der Waals surface area contributed by atoms with Crippen LogP contribution in [0.5, 0.6) is 5.75 Å². The highest BCUT2D eigenvalue weighted by Crippen LogP contribution is 2.32. The van der Waals surface area contributed by atoms with Gasteiger partial charge in [-0.2, -0.15) is 31.4 Å². The maximum atomic E-state index is 14.4. The van der Waals surface area contributed by atoms with Crippen molar-refractivity contribution in [2.75, 3.05) is 41.4 Å². The standard InChI is InChI=1S/C22H19F7N8O3/c1-11(34-14-8-33-35-19(39)18(14)22(27,28)29)10-40-15-4-16(30-7-13(15)23)37-3-2-36(9-17(37)38)20-31-5-12(6-32-20)21(24,25)26/h4-8,11H,2-3,9-10H2,1H3,(H2,34,35,39). The molecule has 3 aromatic rings. The molecule has 40 heavy (non-hydrogen) atoms. The lowest BCUT2D eigenvalue weighted by Gasteiger charge is -2.33. The summed E-state index contributed by atoms with van der Waals surface area (Å²) in [5.41, 5.74) is -4.55. The molecule has 1 aliphatic rings. The van der Waals surface area contributed by atoms with E-state index in [4.69, 9.17) is 4.74 Å². The molecular weight excluding hydrogens is 557 g/mol. The molecule has 214 valence electrons. The number of anilines is 3. The molecule has 18 heteroatoms. The molecule has 3 aromatic heterocycles. The minimum absolute atomic E-state index is 0.00755. The zero-order chi connectivity index (χ0) is 29.2. The fourth-order valence-corrected chi connectivity index (χ4v) is 3.70. The van der Waals surface area contributed by atoms with E-state index < -0.39 is 52.5 Å². The SMILES string of the molecule is CC(COc1cc(N2CCN(c3ncc(C(F)(F)F)cn3)CC2=O)ncc1F)Nc1cn[nH]c(=O)c1C(F)(F)F. The first-order valence-electron chi connectivity index (χ1n) is 11.4. The van der Waals surface area contributed by atoms with Crippen LogP contribution in [0.15, 0.2) is 35.6 Å². The molecule has 1 amide bonds. The Morgan fingerprint density at radius 3 is 2.35 bits per heavy atom. The zero-order valence-electron chi connectivity index (χ0n) is 20.3. The van der Waals surface area contributed by atoms with Gasteiger partial charge in [0.2, 0.25) is 11.9 Å². The number of alkyl halides is 6. The van der Waals surface area contributed by atoms with E-state index in [-0.39, 0.29) is 43.8 Å². The van der Waals surface area contributed by atoms with E-state index in [0.29, 0.717) is 12.4 Å². The Morgan fingerprint density at radius 2 is 1.73 bits per heavy atom. The molecule has 0 spiro atoms. The quantitative estimate of drug-likeness (QED) is 0.408. The number of aromatic amines is 1. The normalized spacial score (nSPS) is 15.2. The van der Waals surface area contributed by atoms with Gasteiger partial charge in [-0.05, 0) is 6.92 Å². The van der Waals surface area contributed by atoms with Gasteiger partial charge < -0.3 is 15.0 Å². The smallest absolute Gasteiger partial charge is 0.423 e. The van der Waals surface area contributed by atoms with Gasteiger partial charge in [0.25, 0.3) is 5.56 Å². The summed E-state index contributed by atoms with van der Waals surface area (Å²) in [7, 11) is 0. The van der Waals surface area contributed by atoms with Gasteiger partial charge >= 0.3 is 12.4 Å². The number of hydrogen-bond acceptors (Lipinski definition) is 9. The highest BCUT2D eigenvalue weighted by Gasteiger charge is 2.38. The minimum Gasteiger partial charge on any atom is -0.488 e. The number of H-pyrrole nitrogens is 1. The van der Waals surface area contributed by atoms with E-state index in [2.05, 4.69) is 25.4 Å². The van der Waals surface area contributed by atoms with Crippen LogP contribution in [-0.2, 0) is 17.1 Å². The van der Waals surface area contributed by atoms with E-state index in [0.717, 1.165) is 18.5 Å². The first-order valence-corrected chi connectivity index (χ1v) is 11.4. The summed E-state index contributed by atoms with van der Waals surface area (Å²) < 4.78 is 97.7. The van der Waals surface area contributed by atoms with Crippen LogP contribution in [0.1, 0.15) is 18.1 Å². The van der Waals surface area contributed by atoms with Crippen molar-refractivity contribution < 1.29 is 40.3 Å². The van der Waals surface area contributed by atoms with E-state index >= 15 is 0 Å². The third-order valence-corrected chi connectivity index (χ3v) is 5.58. The lowest BCUT2D eigenvalue weighted by Crippen LogP contribution is -2.51. The van der Waals surface area contributed by atoms with Crippen molar-refractivity contribution in [1.82, 2.24) is 25.1 Å². The fourth-order valence-electron chi connectivity index (χ4n) is 3.70. The van der Waals surface area contributed by atoms with E-state index in [1.807, 2.05) is 0 Å². The second-order valence-corrected chi connectivity index (χ2v) is 8.55. The highest BCUT2D eigenvalue weighted by molar-refractivity contribution is 5.96. The summed E-state index contributed by atoms with van der Waals surface area (Å²) in [5.74, 6) is -1.86. The Kier molecular flexibility index (Phi) is 7.79. The number of ether oxygens (including phenoxy) is 1. The summed E-state index contributed by atoms with van der Waals surface area (Å²) in [6, 6.07) is 0.273. The lowest BCUT2D eigenvalue weighted by atomic mass is 10.2. The number of hydrogen-bond donors (Lipinski definition) is 2. The van der Waals surface area contributed by atoms with Crippen LogP contribution in [0.4, 0.5) is 48.2 Å². The molecule has 1 fully saturated rings. The molecule has 2 N–H and O–H groups in total. The van der Waals surface area contributed by atoms with Crippen molar-refractivity contribution in [3.63, 3.8) is 0 Å². The van der Waals surface area contributed by atoms with Crippen LogP contribution in [-0.4, -0.2) is 63.3 Å². The van der Waals surface area contributed by atoms with Gasteiger partial charge in [-0.25, -0.2) is 24.4 Å². The number of rotatable bonds is 7. The van der Waals surface area contributed by atoms with Crippen LogP contribution >= 0.6 is 0 Å². The molecule has 0 saturated carbocycles. The Bertz CT molecular complexity index is 1430. The number of carbonyl (C=O) groups is 1. The van der Waals surface area contributed by atoms with Crippen molar-refractivity contribution in [2.24, 2.45) is 0 Å². The second-order valence-electron chi connectivity index (χ2n) is 8.55. The molecular formula is C22H19F7N8O3. The molecule has 1 saturated heterocycles. The molecule has 0 aliphatic carbocycles. The van der Waals surface area contributed by atoms with Crippen molar-refractivity contribution in [2.45, 2.75) is 25.3 Å². The molecule has 1 aliphatic heterocycles. The first kappa shape index (κ1) is 28.5. The van der Waals surface area contributed by atoms with Crippen molar-refractivity contribution >= 4 is 23.4 Å². The third kappa shape index (κ3) is 6.37. The van der Waals surface area contributed by atoms with Crippen LogP contribution in [0, 0.1) is 5.82 Å². The number of piperazine rings is 1. The number of nitrogens with one attached hydrogen (secondary N) is 2. The number of carbonyl (C=O) groups excluding carboxylic acids is 1. The number of amides is 1. The van der Waals surface area contributed by atoms with Gasteiger partial charge in [0.05, 0.1) is 29.7 Å². The molecule has 0 bridgehead atoms. The fraction of sp³-hybridized carbons (Fsp3) is 0.364. The van der Waals surface area contributed by atoms with E-state index in [9.17, 15) is 40.3 Å². The van der Waals surface area contributed by atoms with Crippen molar-refractivity contribution in [3.8, 4) is 5.75 Å². The van der Waals surface area contributed by atoms with Crippen LogP contribution < -0.4 is 25.4 Å². The average molecular weight is 576 g/mol. The summed E-state index contributed by atoms with van der Waals surface area (Å²) in [5, 5.41) is 7.51. The third-order valence-electron chi connectivity index (χ3n) is 5.58. The highest BCUT2D eigenvalue weighted by atomic mass is 19.4. The monoisotopic (exact) mass is 576 g/mol. The van der Waals surface area contributed by atoms with Gasteiger partial charge in [-0.1, -0.05) is 0 Å². The first-order chi connectivity index (χ1) is 18.7. The van der Waals surface area contributed by atoms with Crippen molar-refractivity contribution in [3.05, 3.63) is 58.2 Å². The summed E-state index contributed by atoms with van der Waals surface area (Å²) in [6.07, 6.45) is -6.77. The molecule has 4 heterocycles. The predicted molar refractivity (Wildman–Crippen MR) is 124 cm³/mol. The number of aromatic nitrogens is 5. The number of pyridine rings is 1. The Morgan fingerprint density at radius 1 is 1.02 bits per heavy atom. The summed E-state index contributed by atoms with van der Waals surface area (Å²) in [4.78, 5) is 38.1. The second kappa shape index (κ2) is 10.9. The zero-order valence-corrected chi connectivity index (χ0v) is 20.3. The number of halogens is 7. The van der Waals surface area contributed by atoms with Crippen LogP contribution in [0.3, 0.4) is 0 Å². The Labute approximate surface area is 220 Å². The largest absolute Gasteiger partial charge is 0.488 e. The molecule has 4 rings (SSSR count). The molecule has 0 aromatic carbocycles. The molecule has 1 unspecified atom stereocenters. The topological polar surface area (TPSA) is 129 Å². The maximum absolute atomic E-state index is 14.4. The van der Waals surface area contributed by atoms with Gasteiger partial charge in [0.1, 0.15) is 24.5 Å². The average Bonchev–Trinajstić information content (AvgIpc) is 2.87. The number of nitrogens with zero attached hydrogens (tertiary/aromatic N) is 6. The minimum atomic E-state index is -4.96. The van der Waals surface area contributed by atoms with E-state index in [1.165, 1.54) is 16.7 Å². The Hall–Kier alpha value is -4.51. The maximum Gasteiger partial charge on any atom is 0.423 e. The van der Waals surface area contributed by atoms with Gasteiger partial charge in [-0.3, -0.25) is 14.5 Å². The Balaban J connectivity index is 1.40. The van der Waals surface area contributed by atoms with E-state index in [1.54, 1.807) is 5.10 Å². The van der Waals surface area contributed by atoms with Gasteiger partial charge in [0.15, 0.2) is 11.6 Å². The molecule has 1 atom stereocenters. The molecule has 11 nitrogen and oxygen atoms in total. The lowest BCUT2D eigenvalue weighted by molar-refractivity contribution is -0.139. The van der Waals surface area contributed by atoms with Crippen molar-refractivity contribution in [1.29, 1.82) is 0 Å². The summed E-state index contributed by atoms with van der Waals surface area (Å²) >= 11 is 0. The predicted octanol–water partition coefficient (Wildman–Crippen LogP) is 2.86. The summed E-state index contributed by atoms with van der Waals surface area (Å²) in [6.45, 7) is 0.909. The van der Waals surface area contributed by atoms with Crippen LogP contribution in [0.25, 0.3) is 0 Å². The van der Waals surface area contributed by atoms with Gasteiger partial charge in [0, 0.05) is 31.5 Å². The molecule has 0 radical (unpaired) electrons.